The monoisotopic (exact) mass is 400 g/mol. The maximum absolute atomic E-state index is 12.2. The molecule has 0 heterocycles. The first kappa shape index (κ1) is 23.4. The summed E-state index contributed by atoms with van der Waals surface area (Å²) in [6.07, 6.45) is 7.05. The zero-order chi connectivity index (χ0) is 19.8. The van der Waals surface area contributed by atoms with Gasteiger partial charge in [0.05, 0.1) is 12.7 Å². The normalized spacial score (nSPS) is 18.2. The number of rotatable bonds is 11. The molecule has 1 aliphatic carbocycles. The van der Waals surface area contributed by atoms with E-state index in [1.54, 1.807) is 11.8 Å². The molecule has 0 aliphatic heterocycles. The van der Waals surface area contributed by atoms with Crippen molar-refractivity contribution in [3.05, 3.63) is 11.0 Å². The van der Waals surface area contributed by atoms with Crippen LogP contribution in [-0.2, 0) is 18.8 Å². The summed E-state index contributed by atoms with van der Waals surface area (Å²) in [6.45, 7) is 13.4. The van der Waals surface area contributed by atoms with Gasteiger partial charge in [-0.05, 0) is 49.7 Å². The Kier molecular flexibility index (Phi) is 9.62. The van der Waals surface area contributed by atoms with E-state index in [9.17, 15) is 9.59 Å². The van der Waals surface area contributed by atoms with Crippen molar-refractivity contribution < 1.29 is 18.8 Å². The Morgan fingerprint density at radius 1 is 1.23 bits per heavy atom. The van der Waals surface area contributed by atoms with Crippen LogP contribution in [0.1, 0.15) is 66.2 Å². The van der Waals surface area contributed by atoms with Crippen molar-refractivity contribution in [2.75, 3.05) is 12.4 Å². The fraction of sp³-hybridized carbons (Fsp3) is 0.800. The molecule has 0 amide bonds. The molecule has 1 aliphatic rings. The summed E-state index contributed by atoms with van der Waals surface area (Å²) in [6, 6.07) is 0. The topological polar surface area (TPSA) is 52.6 Å². The highest BCUT2D eigenvalue weighted by Gasteiger charge is 2.40. The third-order valence-corrected chi connectivity index (χ3v) is 10.8. The van der Waals surface area contributed by atoms with Gasteiger partial charge < -0.3 is 9.16 Å². The second kappa shape index (κ2) is 10.7. The lowest BCUT2D eigenvalue weighted by Crippen LogP contribution is -2.43. The molecule has 0 unspecified atom stereocenters. The Balaban J connectivity index is 2.26. The van der Waals surface area contributed by atoms with Crippen molar-refractivity contribution in [2.45, 2.75) is 90.5 Å². The Labute approximate surface area is 164 Å². The lowest BCUT2D eigenvalue weighted by Gasteiger charge is -2.37. The zero-order valence-electron chi connectivity index (χ0n) is 17.4. The molecule has 0 radical (unpaired) electrons. The van der Waals surface area contributed by atoms with Crippen LogP contribution in [0.3, 0.4) is 0 Å². The lowest BCUT2D eigenvalue weighted by atomic mass is 10.1. The highest BCUT2D eigenvalue weighted by atomic mass is 32.2. The minimum absolute atomic E-state index is 0.0459. The minimum Gasteiger partial charge on any atom is -0.466 e. The van der Waals surface area contributed by atoms with Crippen molar-refractivity contribution >= 4 is 31.8 Å². The van der Waals surface area contributed by atoms with Gasteiger partial charge in [0.1, 0.15) is 0 Å². The minimum atomic E-state index is -1.84. The number of Topliss-reactive ketones (excluding diaryl/α,β-unsaturated/α-hetero) is 1. The van der Waals surface area contributed by atoms with Crippen molar-refractivity contribution in [3.8, 4) is 0 Å². The summed E-state index contributed by atoms with van der Waals surface area (Å²) >= 11 is 1.66. The summed E-state index contributed by atoms with van der Waals surface area (Å²) in [5.41, 5.74) is 0. The Morgan fingerprint density at radius 2 is 1.88 bits per heavy atom. The molecule has 0 saturated heterocycles. The number of hydrogen-bond donors (Lipinski definition) is 0. The van der Waals surface area contributed by atoms with Gasteiger partial charge in [0, 0.05) is 17.7 Å². The maximum Gasteiger partial charge on any atom is 0.305 e. The van der Waals surface area contributed by atoms with E-state index >= 15 is 0 Å². The Hall–Kier alpha value is -0.593. The lowest BCUT2D eigenvalue weighted by molar-refractivity contribution is -0.143. The standard InChI is InChI=1S/C20H36O4SSi/c1-7-23-19(22)12-10-8-9-11-13-25-18-15-16(14-17(18)21)24-26(5,6)20(2,3)4/h15-16H,7-14H2,1-6H3/t16-/m0/s1. The molecule has 0 aromatic rings. The molecule has 0 aromatic heterocycles. The zero-order valence-corrected chi connectivity index (χ0v) is 19.2. The van der Waals surface area contributed by atoms with Crippen LogP contribution in [0.25, 0.3) is 0 Å². The van der Waals surface area contributed by atoms with E-state index < -0.39 is 8.32 Å². The van der Waals surface area contributed by atoms with Gasteiger partial charge in [0.15, 0.2) is 14.1 Å². The Morgan fingerprint density at radius 3 is 2.50 bits per heavy atom. The maximum atomic E-state index is 12.2. The molecular weight excluding hydrogens is 364 g/mol. The summed E-state index contributed by atoms with van der Waals surface area (Å²) in [4.78, 5) is 24.3. The molecule has 150 valence electrons. The van der Waals surface area contributed by atoms with E-state index in [1.807, 2.05) is 13.0 Å². The number of carbonyl (C=O) groups excluding carboxylic acids is 2. The van der Waals surface area contributed by atoms with Crippen molar-refractivity contribution in [3.63, 3.8) is 0 Å². The van der Waals surface area contributed by atoms with E-state index in [4.69, 9.17) is 9.16 Å². The summed E-state index contributed by atoms with van der Waals surface area (Å²) in [7, 11) is -1.84. The van der Waals surface area contributed by atoms with E-state index in [-0.39, 0.29) is 22.9 Å². The van der Waals surface area contributed by atoms with Gasteiger partial charge >= 0.3 is 5.97 Å². The van der Waals surface area contributed by atoms with Crippen molar-refractivity contribution in [1.82, 2.24) is 0 Å². The molecule has 0 saturated carbocycles. The molecule has 1 atom stereocenters. The Bertz CT molecular complexity index is 508. The van der Waals surface area contributed by atoms with E-state index in [1.165, 1.54) is 0 Å². The predicted octanol–water partition coefficient (Wildman–Crippen LogP) is 5.48. The van der Waals surface area contributed by atoms with E-state index in [2.05, 4.69) is 33.9 Å². The summed E-state index contributed by atoms with van der Waals surface area (Å²) < 4.78 is 11.3. The second-order valence-electron chi connectivity index (χ2n) is 8.39. The van der Waals surface area contributed by atoms with Crippen LogP contribution in [0.2, 0.25) is 18.1 Å². The summed E-state index contributed by atoms with van der Waals surface area (Å²) in [5, 5.41) is 0.156. The molecule has 0 aromatic carbocycles. The van der Waals surface area contributed by atoms with Gasteiger partial charge in [0.25, 0.3) is 0 Å². The molecule has 4 nitrogen and oxygen atoms in total. The van der Waals surface area contributed by atoms with Crippen molar-refractivity contribution in [1.29, 1.82) is 0 Å². The second-order valence-corrected chi connectivity index (χ2v) is 14.3. The molecule has 0 bridgehead atoms. The van der Waals surface area contributed by atoms with Gasteiger partial charge in [-0.3, -0.25) is 9.59 Å². The smallest absolute Gasteiger partial charge is 0.305 e. The number of hydrogen-bond acceptors (Lipinski definition) is 5. The van der Waals surface area contributed by atoms with Crippen LogP contribution in [0, 0.1) is 0 Å². The van der Waals surface area contributed by atoms with Crippen LogP contribution in [0.15, 0.2) is 11.0 Å². The highest BCUT2D eigenvalue weighted by Crippen LogP contribution is 2.39. The van der Waals surface area contributed by atoms with Crippen LogP contribution < -0.4 is 0 Å². The first-order valence-corrected chi connectivity index (χ1v) is 13.7. The molecule has 6 heteroatoms. The number of thioether (sulfide) groups is 1. The fourth-order valence-corrected chi connectivity index (χ4v) is 4.83. The average molecular weight is 401 g/mol. The third-order valence-electron chi connectivity index (χ3n) is 5.09. The van der Waals surface area contributed by atoms with Gasteiger partial charge in [-0.2, -0.15) is 0 Å². The van der Waals surface area contributed by atoms with E-state index in [0.29, 0.717) is 19.4 Å². The number of esters is 1. The van der Waals surface area contributed by atoms with Gasteiger partial charge in [-0.15, -0.1) is 11.8 Å². The highest BCUT2D eigenvalue weighted by molar-refractivity contribution is 8.04. The van der Waals surface area contributed by atoms with Crippen LogP contribution in [-0.4, -0.2) is 38.5 Å². The van der Waals surface area contributed by atoms with Crippen LogP contribution >= 0.6 is 11.8 Å². The number of carbonyl (C=O) groups is 2. The van der Waals surface area contributed by atoms with Crippen LogP contribution in [0.5, 0.6) is 0 Å². The third kappa shape index (κ3) is 7.97. The number of ether oxygens (including phenoxy) is 1. The molecular formula is C20H36O4SSi. The number of unbranched alkanes of at least 4 members (excludes halogenated alkanes) is 3. The molecule has 0 N–H and O–H groups in total. The molecule has 0 spiro atoms. The van der Waals surface area contributed by atoms with Gasteiger partial charge in [-0.1, -0.05) is 33.6 Å². The average Bonchev–Trinajstić information content (AvgIpc) is 2.84. The molecule has 1 rings (SSSR count). The fourth-order valence-electron chi connectivity index (χ4n) is 2.50. The molecule has 26 heavy (non-hydrogen) atoms. The molecule has 0 fully saturated rings. The van der Waals surface area contributed by atoms with Gasteiger partial charge in [-0.25, -0.2) is 0 Å². The SMILES string of the molecule is CCOC(=O)CCCCCCSC1=C[C@@H](O[Si](C)(C)C(C)(C)C)CC1=O. The first-order valence-electron chi connectivity index (χ1n) is 9.78. The number of ketones is 1. The quantitative estimate of drug-likeness (QED) is 0.261. The predicted molar refractivity (Wildman–Crippen MR) is 112 cm³/mol. The van der Waals surface area contributed by atoms with Crippen LogP contribution in [0.4, 0.5) is 0 Å². The van der Waals surface area contributed by atoms with Gasteiger partial charge in [0.2, 0.25) is 0 Å². The van der Waals surface area contributed by atoms with Crippen molar-refractivity contribution in [2.24, 2.45) is 0 Å². The summed E-state index contributed by atoms with van der Waals surface area (Å²) in [5.74, 6) is 1.07. The van der Waals surface area contributed by atoms with E-state index in [0.717, 1.165) is 36.3 Å². The largest absolute Gasteiger partial charge is 0.466 e. The number of allylic oxidation sites excluding steroid dienone is 1. The first-order chi connectivity index (χ1) is 12.1.